The molecule has 2 heterocycles. The van der Waals surface area contributed by atoms with E-state index in [-0.39, 0.29) is 23.7 Å². The van der Waals surface area contributed by atoms with Crippen LogP contribution in [-0.4, -0.2) is 47.8 Å². The van der Waals surface area contributed by atoms with E-state index in [2.05, 4.69) is 48.3 Å². The van der Waals surface area contributed by atoms with Crippen LogP contribution in [0.25, 0.3) is 0 Å². The Morgan fingerprint density at radius 1 is 1.07 bits per heavy atom. The van der Waals surface area contributed by atoms with E-state index in [0.29, 0.717) is 13.1 Å². The molecule has 2 aliphatic rings. The van der Waals surface area contributed by atoms with Crippen LogP contribution >= 0.6 is 0 Å². The van der Waals surface area contributed by atoms with E-state index >= 15 is 0 Å². The lowest BCUT2D eigenvalue weighted by atomic mass is 9.91. The molecule has 1 aromatic rings. The summed E-state index contributed by atoms with van der Waals surface area (Å²) in [6.07, 6.45) is 3.07. The zero-order chi connectivity index (χ0) is 21.7. The summed E-state index contributed by atoms with van der Waals surface area (Å²) in [5.74, 6) is 1.59. The van der Waals surface area contributed by atoms with Crippen LogP contribution in [0, 0.1) is 23.7 Å². The highest BCUT2D eigenvalue weighted by atomic mass is 16.2. The van der Waals surface area contributed by atoms with Crippen LogP contribution in [-0.2, 0) is 22.7 Å². The normalized spacial score (nSPS) is 25.4. The average Bonchev–Trinajstić information content (AvgIpc) is 2.71. The summed E-state index contributed by atoms with van der Waals surface area (Å²) in [6, 6.07) is 8.46. The fourth-order valence-corrected chi connectivity index (χ4v) is 5.13. The summed E-state index contributed by atoms with van der Waals surface area (Å²) < 4.78 is 0. The minimum absolute atomic E-state index is 0.0149. The predicted octanol–water partition coefficient (Wildman–Crippen LogP) is 3.68. The smallest absolute Gasteiger partial charge is 0.225 e. The molecular weight excluding hydrogens is 374 g/mol. The molecule has 0 saturated carbocycles. The molecule has 0 aliphatic carbocycles. The van der Waals surface area contributed by atoms with Crippen LogP contribution in [0.2, 0.25) is 0 Å². The number of nitrogens with zero attached hydrogens (tertiary/aromatic N) is 2. The van der Waals surface area contributed by atoms with E-state index in [1.54, 1.807) is 0 Å². The second-order valence-electron chi connectivity index (χ2n) is 9.90. The van der Waals surface area contributed by atoms with Crippen LogP contribution in [0.3, 0.4) is 0 Å². The molecule has 0 radical (unpaired) electrons. The Morgan fingerprint density at radius 3 is 2.40 bits per heavy atom. The number of nitrogens with one attached hydrogen (secondary N) is 1. The maximum Gasteiger partial charge on any atom is 0.225 e. The van der Waals surface area contributed by atoms with Gasteiger partial charge in [0.05, 0.1) is 5.92 Å². The van der Waals surface area contributed by atoms with Crippen LogP contribution in [0.1, 0.15) is 58.1 Å². The summed E-state index contributed by atoms with van der Waals surface area (Å²) in [5.41, 5.74) is 2.50. The van der Waals surface area contributed by atoms with Gasteiger partial charge in [0.2, 0.25) is 11.8 Å². The number of amides is 2. The van der Waals surface area contributed by atoms with Crippen molar-refractivity contribution in [3.8, 4) is 0 Å². The first-order chi connectivity index (χ1) is 14.3. The van der Waals surface area contributed by atoms with Crippen LogP contribution in [0.15, 0.2) is 24.3 Å². The summed E-state index contributed by atoms with van der Waals surface area (Å²) in [6.45, 7) is 13.6. The van der Waals surface area contributed by atoms with E-state index in [1.165, 1.54) is 17.5 Å². The summed E-state index contributed by atoms with van der Waals surface area (Å²) in [7, 11) is 0. The van der Waals surface area contributed by atoms with Crippen molar-refractivity contribution in [1.82, 2.24) is 15.1 Å². The molecule has 2 amide bonds. The van der Waals surface area contributed by atoms with Crippen molar-refractivity contribution >= 4 is 11.8 Å². The number of piperidine rings is 2. The Kier molecular flexibility index (Phi) is 7.93. The Balaban J connectivity index is 1.57. The molecule has 2 saturated heterocycles. The molecule has 3 rings (SSSR count). The first kappa shape index (κ1) is 22.8. The SMILES string of the molecule is CC(C)C(=O)N1CCC[C@@H](C(=O)NCc2ccccc2CN2C[C@H](C)C[C@@H](C)C2)C1. The fourth-order valence-electron chi connectivity index (χ4n) is 5.13. The Bertz CT molecular complexity index is 723. The lowest BCUT2D eigenvalue weighted by Crippen LogP contribution is -2.46. The molecule has 30 heavy (non-hydrogen) atoms. The maximum atomic E-state index is 12.8. The largest absolute Gasteiger partial charge is 0.352 e. The lowest BCUT2D eigenvalue weighted by Gasteiger charge is -2.35. The highest BCUT2D eigenvalue weighted by Gasteiger charge is 2.29. The van der Waals surface area contributed by atoms with Gasteiger partial charge in [0.15, 0.2) is 0 Å². The second-order valence-corrected chi connectivity index (χ2v) is 9.90. The van der Waals surface area contributed by atoms with Gasteiger partial charge in [-0.05, 0) is 42.2 Å². The van der Waals surface area contributed by atoms with Gasteiger partial charge in [0.25, 0.3) is 0 Å². The molecule has 2 fully saturated rings. The number of carbonyl (C=O) groups excluding carboxylic acids is 2. The van der Waals surface area contributed by atoms with Gasteiger partial charge in [-0.1, -0.05) is 52.0 Å². The number of benzene rings is 1. The van der Waals surface area contributed by atoms with Gasteiger partial charge in [-0.2, -0.15) is 0 Å². The number of likely N-dealkylation sites (tertiary alicyclic amines) is 2. The van der Waals surface area contributed by atoms with E-state index in [1.807, 2.05) is 18.7 Å². The molecule has 5 heteroatoms. The van der Waals surface area contributed by atoms with Crippen molar-refractivity contribution < 1.29 is 9.59 Å². The molecule has 3 atom stereocenters. The van der Waals surface area contributed by atoms with Gasteiger partial charge in [-0.3, -0.25) is 14.5 Å². The third kappa shape index (κ3) is 6.07. The number of hydrogen-bond acceptors (Lipinski definition) is 3. The average molecular weight is 414 g/mol. The first-order valence-electron chi connectivity index (χ1n) is 11.7. The molecule has 0 bridgehead atoms. The molecule has 1 aromatic carbocycles. The van der Waals surface area contributed by atoms with Gasteiger partial charge in [0.1, 0.15) is 0 Å². The molecule has 0 aromatic heterocycles. The number of hydrogen-bond donors (Lipinski definition) is 1. The molecule has 0 spiro atoms. The van der Waals surface area contributed by atoms with Crippen molar-refractivity contribution in [2.45, 2.75) is 60.0 Å². The van der Waals surface area contributed by atoms with Crippen LogP contribution in [0.5, 0.6) is 0 Å². The Labute approximate surface area is 182 Å². The van der Waals surface area contributed by atoms with Crippen molar-refractivity contribution in [2.24, 2.45) is 23.7 Å². The minimum Gasteiger partial charge on any atom is -0.352 e. The van der Waals surface area contributed by atoms with Crippen LogP contribution < -0.4 is 5.32 Å². The molecular formula is C25H39N3O2. The van der Waals surface area contributed by atoms with E-state index < -0.39 is 0 Å². The second kappa shape index (κ2) is 10.4. The van der Waals surface area contributed by atoms with Gasteiger partial charge < -0.3 is 10.2 Å². The fraction of sp³-hybridized carbons (Fsp3) is 0.680. The zero-order valence-corrected chi connectivity index (χ0v) is 19.2. The minimum atomic E-state index is -0.0996. The van der Waals surface area contributed by atoms with Gasteiger partial charge in [0, 0.05) is 45.2 Å². The van der Waals surface area contributed by atoms with E-state index in [4.69, 9.17) is 0 Å². The summed E-state index contributed by atoms with van der Waals surface area (Å²) in [4.78, 5) is 29.6. The van der Waals surface area contributed by atoms with Gasteiger partial charge in [-0.15, -0.1) is 0 Å². The van der Waals surface area contributed by atoms with Gasteiger partial charge >= 0.3 is 0 Å². The van der Waals surface area contributed by atoms with E-state index in [0.717, 1.165) is 50.9 Å². The molecule has 5 nitrogen and oxygen atoms in total. The highest BCUT2D eigenvalue weighted by molar-refractivity contribution is 5.82. The first-order valence-corrected chi connectivity index (χ1v) is 11.7. The maximum absolute atomic E-state index is 12.8. The quantitative estimate of drug-likeness (QED) is 0.774. The van der Waals surface area contributed by atoms with Crippen molar-refractivity contribution in [2.75, 3.05) is 26.2 Å². The number of carbonyl (C=O) groups is 2. The zero-order valence-electron chi connectivity index (χ0n) is 19.2. The van der Waals surface area contributed by atoms with Crippen molar-refractivity contribution in [1.29, 1.82) is 0 Å². The molecule has 2 aliphatic heterocycles. The third-order valence-electron chi connectivity index (χ3n) is 6.51. The van der Waals surface area contributed by atoms with Gasteiger partial charge in [-0.25, -0.2) is 0 Å². The topological polar surface area (TPSA) is 52.7 Å². The Morgan fingerprint density at radius 2 is 1.73 bits per heavy atom. The molecule has 1 N–H and O–H groups in total. The summed E-state index contributed by atoms with van der Waals surface area (Å²) >= 11 is 0. The Hall–Kier alpha value is -1.88. The number of rotatable bonds is 6. The monoisotopic (exact) mass is 413 g/mol. The lowest BCUT2D eigenvalue weighted by molar-refractivity contribution is -0.138. The third-order valence-corrected chi connectivity index (χ3v) is 6.51. The standard InChI is InChI=1S/C25H39N3O2/c1-18(2)25(30)28-11-7-10-23(17-28)24(29)26-13-21-8-5-6-9-22(21)16-27-14-19(3)12-20(4)15-27/h5-6,8-9,18-20,23H,7,10-17H2,1-4H3,(H,26,29)/t19-,20-,23-/m1/s1. The molecule has 166 valence electrons. The summed E-state index contributed by atoms with van der Waals surface area (Å²) in [5, 5.41) is 3.16. The predicted molar refractivity (Wildman–Crippen MR) is 121 cm³/mol. The highest BCUT2D eigenvalue weighted by Crippen LogP contribution is 2.24. The van der Waals surface area contributed by atoms with E-state index in [9.17, 15) is 9.59 Å². The molecule has 0 unspecified atom stereocenters. The van der Waals surface area contributed by atoms with Crippen molar-refractivity contribution in [3.63, 3.8) is 0 Å². The van der Waals surface area contributed by atoms with Crippen molar-refractivity contribution in [3.05, 3.63) is 35.4 Å². The van der Waals surface area contributed by atoms with Crippen LogP contribution in [0.4, 0.5) is 0 Å².